The zero-order chi connectivity index (χ0) is 20.1. The van der Waals surface area contributed by atoms with Gasteiger partial charge in [-0.05, 0) is 42.0 Å². The van der Waals surface area contributed by atoms with Crippen molar-refractivity contribution >= 4 is 15.7 Å². The Morgan fingerprint density at radius 3 is 2.11 bits per heavy atom. The van der Waals surface area contributed by atoms with Crippen molar-refractivity contribution in [1.82, 2.24) is 5.32 Å². The maximum absolute atomic E-state index is 13.8. The van der Waals surface area contributed by atoms with Crippen molar-refractivity contribution in [3.05, 3.63) is 102 Å². The van der Waals surface area contributed by atoms with Gasteiger partial charge in [0.2, 0.25) is 0 Å². The van der Waals surface area contributed by atoms with Crippen molar-refractivity contribution < 1.29 is 22.0 Å². The van der Waals surface area contributed by atoms with Crippen molar-refractivity contribution in [2.75, 3.05) is 6.54 Å². The second kappa shape index (κ2) is 8.31. The molecule has 7 heteroatoms. The summed E-state index contributed by atoms with van der Waals surface area (Å²) in [6, 6.07) is 18.3. The molecule has 1 amide bonds. The second-order valence-electron chi connectivity index (χ2n) is 6.09. The second-order valence-corrected chi connectivity index (χ2v) is 8.22. The van der Waals surface area contributed by atoms with Gasteiger partial charge in [0.25, 0.3) is 5.91 Å². The lowest BCUT2D eigenvalue weighted by Crippen LogP contribution is -2.32. The van der Waals surface area contributed by atoms with Crippen LogP contribution in [0.5, 0.6) is 0 Å². The minimum Gasteiger partial charge on any atom is -0.350 e. The van der Waals surface area contributed by atoms with Gasteiger partial charge in [-0.2, -0.15) is 0 Å². The molecule has 0 bridgehead atoms. The Bertz CT molecular complexity index is 1070. The third kappa shape index (κ3) is 4.26. The van der Waals surface area contributed by atoms with E-state index in [1.807, 2.05) is 0 Å². The lowest BCUT2D eigenvalue weighted by Gasteiger charge is -2.19. The molecule has 0 heterocycles. The molecule has 1 atom stereocenters. The van der Waals surface area contributed by atoms with Gasteiger partial charge in [0, 0.05) is 6.54 Å². The Labute approximate surface area is 161 Å². The summed E-state index contributed by atoms with van der Waals surface area (Å²) in [5, 5.41) is 1.38. The third-order valence-electron chi connectivity index (χ3n) is 4.25. The molecule has 1 N–H and O–H groups in total. The van der Waals surface area contributed by atoms with Crippen LogP contribution in [0, 0.1) is 11.6 Å². The van der Waals surface area contributed by atoms with Crippen LogP contribution in [0.3, 0.4) is 0 Å². The van der Waals surface area contributed by atoms with E-state index in [0.717, 1.165) is 18.2 Å². The summed E-state index contributed by atoms with van der Waals surface area (Å²) in [6.45, 7) is -0.267. The molecule has 0 fully saturated rings. The molecule has 0 spiro atoms. The molecule has 1 unspecified atom stereocenters. The van der Waals surface area contributed by atoms with E-state index in [1.165, 1.54) is 30.3 Å². The van der Waals surface area contributed by atoms with E-state index in [9.17, 15) is 22.0 Å². The number of carbonyl (C=O) groups excluding carboxylic acids is 1. The van der Waals surface area contributed by atoms with Gasteiger partial charge in [-0.25, -0.2) is 17.2 Å². The number of hydrogen-bond acceptors (Lipinski definition) is 3. The monoisotopic (exact) mass is 401 g/mol. The molecule has 28 heavy (non-hydrogen) atoms. The molecular weight excluding hydrogens is 384 g/mol. The Kier molecular flexibility index (Phi) is 5.84. The largest absolute Gasteiger partial charge is 0.350 e. The van der Waals surface area contributed by atoms with Gasteiger partial charge in [0.15, 0.2) is 9.84 Å². The molecule has 3 rings (SSSR count). The van der Waals surface area contributed by atoms with Gasteiger partial charge < -0.3 is 5.32 Å². The summed E-state index contributed by atoms with van der Waals surface area (Å²) in [5.41, 5.74) is 0.286. The number of nitrogens with one attached hydrogen (secondary N) is 1. The maximum Gasteiger partial charge on any atom is 0.254 e. The van der Waals surface area contributed by atoms with Crippen LogP contribution in [0.2, 0.25) is 0 Å². The summed E-state index contributed by atoms with van der Waals surface area (Å²) in [7, 11) is -3.93. The first-order chi connectivity index (χ1) is 13.4. The van der Waals surface area contributed by atoms with Crippen LogP contribution in [0.4, 0.5) is 8.78 Å². The highest BCUT2D eigenvalue weighted by Crippen LogP contribution is 2.28. The third-order valence-corrected chi connectivity index (χ3v) is 6.37. The Morgan fingerprint density at radius 2 is 1.46 bits per heavy atom. The Morgan fingerprint density at radius 1 is 0.857 bits per heavy atom. The predicted molar refractivity (Wildman–Crippen MR) is 102 cm³/mol. The number of halogens is 2. The smallest absolute Gasteiger partial charge is 0.254 e. The van der Waals surface area contributed by atoms with E-state index in [2.05, 4.69) is 5.32 Å². The molecule has 0 aliphatic rings. The van der Waals surface area contributed by atoms with Gasteiger partial charge in [-0.15, -0.1) is 0 Å². The molecule has 0 radical (unpaired) electrons. The number of hydrogen-bond donors (Lipinski definition) is 1. The zero-order valence-corrected chi connectivity index (χ0v) is 15.5. The molecule has 4 nitrogen and oxygen atoms in total. The molecule has 3 aromatic carbocycles. The normalized spacial score (nSPS) is 12.4. The summed E-state index contributed by atoms with van der Waals surface area (Å²) in [4.78, 5) is 12.2. The van der Waals surface area contributed by atoms with Crippen LogP contribution >= 0.6 is 0 Å². The van der Waals surface area contributed by atoms with Gasteiger partial charge >= 0.3 is 0 Å². The van der Waals surface area contributed by atoms with Gasteiger partial charge in [-0.3, -0.25) is 4.79 Å². The van der Waals surface area contributed by atoms with Gasteiger partial charge in [0.05, 0.1) is 10.5 Å². The highest BCUT2D eigenvalue weighted by molar-refractivity contribution is 7.91. The fourth-order valence-corrected chi connectivity index (χ4v) is 4.45. The fraction of sp³-hybridized carbons (Fsp3) is 0.0952. The molecule has 0 aliphatic heterocycles. The van der Waals surface area contributed by atoms with E-state index in [0.29, 0.717) is 5.56 Å². The van der Waals surface area contributed by atoms with Crippen LogP contribution in [-0.2, 0) is 9.84 Å². The lowest BCUT2D eigenvalue weighted by atomic mass is 10.1. The molecule has 144 valence electrons. The number of amides is 1. The van der Waals surface area contributed by atoms with Crippen LogP contribution in [0.25, 0.3) is 0 Å². The molecule has 0 aromatic heterocycles. The van der Waals surface area contributed by atoms with Crippen LogP contribution < -0.4 is 5.32 Å². The maximum atomic E-state index is 13.8. The average Bonchev–Trinajstić information content (AvgIpc) is 2.69. The molecule has 3 aromatic rings. The van der Waals surface area contributed by atoms with E-state index >= 15 is 0 Å². The summed E-state index contributed by atoms with van der Waals surface area (Å²) >= 11 is 0. The number of rotatable bonds is 6. The first-order valence-corrected chi connectivity index (χ1v) is 10.0. The first-order valence-electron chi connectivity index (χ1n) is 8.47. The quantitative estimate of drug-likeness (QED) is 0.637. The number of carbonyl (C=O) groups is 1. The van der Waals surface area contributed by atoms with Crippen molar-refractivity contribution in [2.45, 2.75) is 10.1 Å². The van der Waals surface area contributed by atoms with E-state index in [1.54, 1.807) is 30.3 Å². The van der Waals surface area contributed by atoms with E-state index in [-0.39, 0.29) is 17.0 Å². The summed E-state index contributed by atoms with van der Waals surface area (Å²) < 4.78 is 53.2. The molecule has 0 aliphatic carbocycles. The molecule has 0 saturated carbocycles. The highest BCUT2D eigenvalue weighted by atomic mass is 32.2. The van der Waals surface area contributed by atoms with Crippen LogP contribution in [0.1, 0.15) is 21.2 Å². The first kappa shape index (κ1) is 19.7. The minimum atomic E-state index is -3.93. The zero-order valence-electron chi connectivity index (χ0n) is 14.7. The number of sulfone groups is 1. The predicted octanol–water partition coefficient (Wildman–Crippen LogP) is 3.91. The summed E-state index contributed by atoms with van der Waals surface area (Å²) in [5.74, 6) is -1.96. The Hall–Kier alpha value is -3.06. The highest BCUT2D eigenvalue weighted by Gasteiger charge is 2.30. The van der Waals surface area contributed by atoms with Crippen molar-refractivity contribution in [3.63, 3.8) is 0 Å². The number of benzene rings is 3. The Balaban J connectivity index is 1.91. The van der Waals surface area contributed by atoms with Crippen LogP contribution in [-0.4, -0.2) is 20.9 Å². The standard InChI is InChI=1S/C21H17F2NO3S/c22-16-10-12-17(13-11-16)28(26,27)20(15-6-2-1-3-7-15)14-24-21(25)18-8-4-5-9-19(18)23/h1-13,20H,14H2,(H,24,25). The molecule has 0 saturated heterocycles. The topological polar surface area (TPSA) is 63.2 Å². The van der Waals surface area contributed by atoms with Gasteiger partial charge in [-0.1, -0.05) is 42.5 Å². The SMILES string of the molecule is O=C(NCC(c1ccccc1)S(=O)(=O)c1ccc(F)cc1)c1ccccc1F. The van der Waals surface area contributed by atoms with E-state index < -0.39 is 32.6 Å². The minimum absolute atomic E-state index is 0.0668. The van der Waals surface area contributed by atoms with Crippen LogP contribution in [0.15, 0.2) is 83.8 Å². The molecular formula is C21H17F2NO3S. The van der Waals surface area contributed by atoms with Gasteiger partial charge in [0.1, 0.15) is 16.9 Å². The summed E-state index contributed by atoms with van der Waals surface area (Å²) in [6.07, 6.45) is 0. The van der Waals surface area contributed by atoms with E-state index in [4.69, 9.17) is 0 Å². The average molecular weight is 401 g/mol. The fourth-order valence-electron chi connectivity index (χ4n) is 2.79. The van der Waals surface area contributed by atoms with Crippen molar-refractivity contribution in [2.24, 2.45) is 0 Å². The van der Waals surface area contributed by atoms with Crippen molar-refractivity contribution in [1.29, 1.82) is 0 Å². The van der Waals surface area contributed by atoms with Crippen molar-refractivity contribution in [3.8, 4) is 0 Å². The lowest BCUT2D eigenvalue weighted by molar-refractivity contribution is 0.0949.